The number of rotatable bonds is 1. The summed E-state index contributed by atoms with van der Waals surface area (Å²) in [4.78, 5) is 2.07. The van der Waals surface area contributed by atoms with Gasteiger partial charge in [-0.15, -0.1) is 0 Å². The summed E-state index contributed by atoms with van der Waals surface area (Å²) in [7, 11) is 0. The van der Waals surface area contributed by atoms with E-state index in [1.54, 1.807) is 0 Å². The van der Waals surface area contributed by atoms with Gasteiger partial charge in [0.25, 0.3) is 0 Å². The van der Waals surface area contributed by atoms with Gasteiger partial charge in [0.2, 0.25) is 0 Å². The summed E-state index contributed by atoms with van der Waals surface area (Å²) in [6.45, 7) is 3.05. The van der Waals surface area contributed by atoms with Crippen molar-refractivity contribution in [3.05, 3.63) is 28.2 Å². The van der Waals surface area contributed by atoms with Gasteiger partial charge in [0, 0.05) is 23.1 Å². The van der Waals surface area contributed by atoms with E-state index >= 15 is 0 Å². The molecule has 0 radical (unpaired) electrons. The van der Waals surface area contributed by atoms with Gasteiger partial charge >= 0.3 is 0 Å². The van der Waals surface area contributed by atoms with Crippen LogP contribution in [0.15, 0.2) is 22.7 Å². The predicted octanol–water partition coefficient (Wildman–Crippen LogP) is 3.33. The molecule has 1 aromatic carbocycles. The van der Waals surface area contributed by atoms with Crippen LogP contribution in [0.25, 0.3) is 0 Å². The van der Waals surface area contributed by atoms with Crippen LogP contribution < -0.4 is 4.90 Å². The molecule has 0 amide bonds. The zero-order chi connectivity index (χ0) is 10.1. The molecule has 1 fully saturated rings. The first kappa shape index (κ1) is 9.71. The minimum atomic E-state index is 0.737. The number of aryl methyl sites for hydroxylation is 1. The molecule has 0 bridgehead atoms. The molecule has 74 valence electrons. The van der Waals surface area contributed by atoms with Gasteiger partial charge in [-0.3, -0.25) is 5.41 Å². The van der Waals surface area contributed by atoms with Crippen molar-refractivity contribution in [2.24, 2.45) is 0 Å². The molecule has 1 aliphatic rings. The molecule has 0 atom stereocenters. The number of anilines is 1. The molecule has 1 aromatic rings. The summed E-state index contributed by atoms with van der Waals surface area (Å²) >= 11 is 3.52. The Morgan fingerprint density at radius 3 is 2.79 bits per heavy atom. The Labute approximate surface area is 92.6 Å². The van der Waals surface area contributed by atoms with E-state index < -0.39 is 0 Å². The van der Waals surface area contributed by atoms with Crippen molar-refractivity contribution in [1.29, 1.82) is 5.41 Å². The zero-order valence-electron chi connectivity index (χ0n) is 8.18. The van der Waals surface area contributed by atoms with Gasteiger partial charge in [-0.1, -0.05) is 22.0 Å². The Bertz CT molecular complexity index is 374. The Morgan fingerprint density at radius 1 is 1.43 bits per heavy atom. The lowest BCUT2D eigenvalue weighted by Crippen LogP contribution is -2.22. The van der Waals surface area contributed by atoms with Crippen molar-refractivity contribution < 1.29 is 0 Å². The molecule has 1 aliphatic heterocycles. The average Bonchev–Trinajstić information content (AvgIpc) is 2.57. The molecule has 2 rings (SSSR count). The van der Waals surface area contributed by atoms with E-state index in [9.17, 15) is 0 Å². The van der Waals surface area contributed by atoms with Gasteiger partial charge in [0.1, 0.15) is 5.84 Å². The smallest absolute Gasteiger partial charge is 0.100 e. The monoisotopic (exact) mass is 252 g/mol. The molecule has 1 N–H and O–H groups in total. The second-order valence-electron chi connectivity index (χ2n) is 3.64. The molecule has 1 saturated heterocycles. The maximum absolute atomic E-state index is 7.78. The molecule has 0 unspecified atom stereocenters. The minimum absolute atomic E-state index is 0.737. The second kappa shape index (κ2) is 3.73. The van der Waals surface area contributed by atoms with Crippen LogP contribution in [-0.2, 0) is 0 Å². The van der Waals surface area contributed by atoms with Crippen molar-refractivity contribution >= 4 is 27.5 Å². The maximum Gasteiger partial charge on any atom is 0.100 e. The fourth-order valence-corrected chi connectivity index (χ4v) is 2.08. The number of amidine groups is 1. The highest BCUT2D eigenvalue weighted by Crippen LogP contribution is 2.26. The van der Waals surface area contributed by atoms with E-state index in [1.807, 2.05) is 0 Å². The molecular formula is C11H13BrN2. The Morgan fingerprint density at radius 2 is 2.21 bits per heavy atom. The van der Waals surface area contributed by atoms with Crippen molar-refractivity contribution in [2.45, 2.75) is 19.8 Å². The normalized spacial score (nSPS) is 16.4. The van der Waals surface area contributed by atoms with E-state index in [4.69, 9.17) is 5.41 Å². The first-order valence-electron chi connectivity index (χ1n) is 4.79. The molecule has 14 heavy (non-hydrogen) atoms. The van der Waals surface area contributed by atoms with Crippen molar-refractivity contribution in [3.8, 4) is 0 Å². The van der Waals surface area contributed by atoms with E-state index in [2.05, 4.69) is 46.0 Å². The fraction of sp³-hybridized carbons (Fsp3) is 0.364. The number of benzene rings is 1. The first-order valence-corrected chi connectivity index (χ1v) is 5.59. The molecule has 0 saturated carbocycles. The van der Waals surface area contributed by atoms with E-state index in [0.717, 1.165) is 35.4 Å². The van der Waals surface area contributed by atoms with Crippen LogP contribution in [-0.4, -0.2) is 12.4 Å². The molecule has 0 aromatic heterocycles. The molecule has 2 nitrogen and oxygen atoms in total. The van der Waals surface area contributed by atoms with E-state index in [1.165, 1.54) is 5.56 Å². The summed E-state index contributed by atoms with van der Waals surface area (Å²) < 4.78 is 1.12. The van der Waals surface area contributed by atoms with Crippen LogP contribution in [0.3, 0.4) is 0 Å². The highest BCUT2D eigenvalue weighted by Gasteiger charge is 2.18. The summed E-state index contributed by atoms with van der Waals surface area (Å²) in [5.41, 5.74) is 2.37. The Balaban J connectivity index is 2.32. The zero-order valence-corrected chi connectivity index (χ0v) is 9.76. The molecule has 1 heterocycles. The number of nitrogens with one attached hydrogen (secondary N) is 1. The predicted molar refractivity (Wildman–Crippen MR) is 63.2 cm³/mol. The van der Waals surface area contributed by atoms with Gasteiger partial charge in [-0.2, -0.15) is 0 Å². The standard InChI is InChI=1S/C11H13BrN2/c1-8-4-5-9(7-10(8)12)14-6-2-3-11(14)13/h4-5,7,13H,2-3,6H2,1H3. The quantitative estimate of drug-likeness (QED) is 0.816. The van der Waals surface area contributed by atoms with Crippen molar-refractivity contribution in [1.82, 2.24) is 0 Å². The second-order valence-corrected chi connectivity index (χ2v) is 4.49. The highest BCUT2D eigenvalue weighted by atomic mass is 79.9. The third-order valence-corrected chi connectivity index (χ3v) is 3.44. The molecule has 0 aliphatic carbocycles. The lowest BCUT2D eigenvalue weighted by Gasteiger charge is -2.18. The maximum atomic E-state index is 7.78. The number of hydrogen-bond donors (Lipinski definition) is 1. The van der Waals surface area contributed by atoms with Gasteiger partial charge in [0.15, 0.2) is 0 Å². The van der Waals surface area contributed by atoms with Crippen LogP contribution >= 0.6 is 15.9 Å². The summed E-state index contributed by atoms with van der Waals surface area (Å²) in [5, 5.41) is 7.78. The van der Waals surface area contributed by atoms with Crippen LogP contribution in [0.2, 0.25) is 0 Å². The highest BCUT2D eigenvalue weighted by molar-refractivity contribution is 9.10. The summed E-state index contributed by atoms with van der Waals surface area (Å²) in [5.74, 6) is 0.737. The fourth-order valence-electron chi connectivity index (χ4n) is 1.71. The molecule has 3 heteroatoms. The van der Waals surface area contributed by atoms with Crippen LogP contribution in [0, 0.1) is 12.3 Å². The topological polar surface area (TPSA) is 27.1 Å². The summed E-state index contributed by atoms with van der Waals surface area (Å²) in [6, 6.07) is 6.26. The number of nitrogens with zero attached hydrogens (tertiary/aromatic N) is 1. The first-order chi connectivity index (χ1) is 6.68. The minimum Gasteiger partial charge on any atom is -0.330 e. The van der Waals surface area contributed by atoms with Gasteiger partial charge in [-0.25, -0.2) is 0 Å². The van der Waals surface area contributed by atoms with Gasteiger partial charge in [-0.05, 0) is 31.0 Å². The van der Waals surface area contributed by atoms with Gasteiger partial charge < -0.3 is 4.90 Å². The van der Waals surface area contributed by atoms with Crippen molar-refractivity contribution in [3.63, 3.8) is 0 Å². The molecular weight excluding hydrogens is 240 g/mol. The van der Waals surface area contributed by atoms with E-state index in [0.29, 0.717) is 0 Å². The van der Waals surface area contributed by atoms with Gasteiger partial charge in [0.05, 0.1) is 0 Å². The summed E-state index contributed by atoms with van der Waals surface area (Å²) in [6.07, 6.45) is 2.01. The average molecular weight is 253 g/mol. The van der Waals surface area contributed by atoms with Crippen LogP contribution in [0.4, 0.5) is 5.69 Å². The lowest BCUT2D eigenvalue weighted by atomic mass is 10.2. The number of hydrogen-bond acceptors (Lipinski definition) is 1. The SMILES string of the molecule is Cc1ccc(N2CCCC2=N)cc1Br. The Kier molecular flexibility index (Phi) is 2.59. The third kappa shape index (κ3) is 1.69. The molecule has 0 spiro atoms. The Hall–Kier alpha value is -0.830. The third-order valence-electron chi connectivity index (χ3n) is 2.59. The van der Waals surface area contributed by atoms with Crippen molar-refractivity contribution in [2.75, 3.05) is 11.4 Å². The largest absolute Gasteiger partial charge is 0.330 e. The van der Waals surface area contributed by atoms with Crippen LogP contribution in [0.5, 0.6) is 0 Å². The number of halogens is 1. The lowest BCUT2D eigenvalue weighted by molar-refractivity contribution is 0.956. The van der Waals surface area contributed by atoms with E-state index in [-0.39, 0.29) is 0 Å². The van der Waals surface area contributed by atoms with Crippen LogP contribution in [0.1, 0.15) is 18.4 Å².